The lowest BCUT2D eigenvalue weighted by Crippen LogP contribution is -2.60. The molecule has 4 amide bonds. The van der Waals surface area contributed by atoms with E-state index in [-0.39, 0.29) is 32.7 Å². The number of alkyl halides is 2. The van der Waals surface area contributed by atoms with E-state index in [4.69, 9.17) is 33.0 Å². The highest BCUT2D eigenvalue weighted by atomic mass is 79.9. The highest BCUT2D eigenvalue weighted by Crippen LogP contribution is 2.66. The first-order chi connectivity index (χ1) is 22.4. The summed E-state index contributed by atoms with van der Waals surface area (Å²) in [5.74, 6) is -24.3. The third-order valence-electron chi connectivity index (χ3n) is 9.47. The maximum Gasteiger partial charge on any atom is 0.305 e. The van der Waals surface area contributed by atoms with E-state index in [0.29, 0.717) is 0 Å². The van der Waals surface area contributed by atoms with Crippen LogP contribution in [0.15, 0.2) is 28.3 Å². The Morgan fingerprint density at radius 1 is 0.979 bits per heavy atom. The number of halogens is 8. The molecule has 0 bridgehead atoms. The molecule has 4 aliphatic rings. The number of carbonyl (C=O) groups excluding carboxylic acids is 4. The van der Waals surface area contributed by atoms with Gasteiger partial charge in [0.25, 0.3) is 11.8 Å². The number of rotatable bonds is 6. The van der Waals surface area contributed by atoms with E-state index in [1.807, 2.05) is 0 Å². The number of carboxylic acids is 1. The van der Waals surface area contributed by atoms with Gasteiger partial charge < -0.3 is 14.9 Å². The van der Waals surface area contributed by atoms with Crippen LogP contribution in [-0.4, -0.2) is 68.1 Å². The van der Waals surface area contributed by atoms with Gasteiger partial charge in [0.15, 0.2) is 44.5 Å². The Kier molecular flexibility index (Phi) is 8.11. The van der Waals surface area contributed by atoms with Gasteiger partial charge in [-0.2, -0.15) is 0 Å². The fourth-order valence-corrected chi connectivity index (χ4v) is 8.74. The number of amides is 4. The summed E-state index contributed by atoms with van der Waals surface area (Å²) in [4.78, 5) is 61.7. The third-order valence-corrected chi connectivity index (χ3v) is 11.5. The molecule has 2 aromatic carbocycles. The van der Waals surface area contributed by atoms with E-state index in [0.717, 1.165) is 4.90 Å². The summed E-state index contributed by atoms with van der Waals surface area (Å²) < 4.78 is 78.2. The monoisotopic (exact) mass is 780 g/mol. The number of phenolic OH excluding ortho intramolecular Hbond substituents is 1. The fraction of sp³-hybridized carbons (Fsp3) is 0.367. The van der Waals surface area contributed by atoms with Crippen LogP contribution >= 0.6 is 39.1 Å². The highest BCUT2D eigenvalue weighted by Gasteiger charge is 2.77. The lowest BCUT2D eigenvalue weighted by Gasteiger charge is -2.50. The lowest BCUT2D eigenvalue weighted by atomic mass is 9.56. The Morgan fingerprint density at radius 3 is 2.17 bits per heavy atom. The molecule has 18 heteroatoms. The zero-order valence-electron chi connectivity index (χ0n) is 24.1. The van der Waals surface area contributed by atoms with Crippen molar-refractivity contribution in [3.05, 3.63) is 62.9 Å². The number of ether oxygens (including phenoxy) is 1. The van der Waals surface area contributed by atoms with Gasteiger partial charge >= 0.3 is 5.97 Å². The van der Waals surface area contributed by atoms with E-state index in [9.17, 15) is 42.3 Å². The summed E-state index contributed by atoms with van der Waals surface area (Å²) in [5, 5.41) is 19.6. The lowest BCUT2D eigenvalue weighted by molar-refractivity contribution is -0.142. The fourth-order valence-electron chi connectivity index (χ4n) is 7.35. The SMILES string of the molecule is COc1cc(C2C3=CCC4C(=O)N(CCC(=O)O)C(=O)C4C3CC3(Cl)C(=O)N(c4c(F)c(F)c(F)c(F)c4F)C(=O)C23Cl)cc(Br)c1O. The van der Waals surface area contributed by atoms with Crippen molar-refractivity contribution in [1.29, 1.82) is 0 Å². The van der Waals surface area contributed by atoms with Crippen molar-refractivity contribution in [2.24, 2.45) is 17.8 Å². The van der Waals surface area contributed by atoms with Gasteiger partial charge in [-0.15, -0.1) is 23.2 Å². The second-order valence-corrected chi connectivity index (χ2v) is 13.8. The van der Waals surface area contributed by atoms with Crippen molar-refractivity contribution in [3.63, 3.8) is 0 Å². The molecule has 1 saturated carbocycles. The first-order valence-corrected chi connectivity index (χ1v) is 15.6. The number of anilines is 1. The van der Waals surface area contributed by atoms with E-state index in [1.54, 1.807) is 0 Å². The molecular weight excluding hydrogens is 762 g/mol. The molecule has 6 unspecified atom stereocenters. The molecule has 2 aromatic rings. The van der Waals surface area contributed by atoms with E-state index >= 15 is 8.78 Å². The van der Waals surface area contributed by atoms with Crippen LogP contribution in [0.3, 0.4) is 0 Å². The number of imide groups is 2. The van der Waals surface area contributed by atoms with Crippen LogP contribution in [0.1, 0.15) is 30.7 Å². The predicted octanol–water partition coefficient (Wildman–Crippen LogP) is 4.90. The number of phenols is 1. The number of carbonyl (C=O) groups is 5. The average Bonchev–Trinajstić information content (AvgIpc) is 3.37. The zero-order chi connectivity index (χ0) is 35.4. The molecular formula is C30H20BrCl2F5N2O8. The molecule has 2 saturated heterocycles. The zero-order valence-corrected chi connectivity index (χ0v) is 27.2. The molecule has 0 spiro atoms. The largest absolute Gasteiger partial charge is 0.503 e. The second-order valence-electron chi connectivity index (χ2n) is 11.7. The molecule has 10 nitrogen and oxygen atoms in total. The first kappa shape index (κ1) is 34.1. The van der Waals surface area contributed by atoms with Crippen LogP contribution in [0, 0.1) is 46.8 Å². The Hall–Kier alpha value is -3.76. The van der Waals surface area contributed by atoms with Gasteiger partial charge in [0.05, 0.1) is 29.8 Å². The smallest absolute Gasteiger partial charge is 0.305 e. The molecule has 0 aromatic heterocycles. The number of hydrogen-bond acceptors (Lipinski definition) is 7. The minimum absolute atomic E-state index is 0.00543. The number of methoxy groups -OCH3 is 1. The van der Waals surface area contributed by atoms with E-state index < -0.39 is 123 Å². The maximum absolute atomic E-state index is 15.1. The Balaban J connectivity index is 1.59. The van der Waals surface area contributed by atoms with Gasteiger partial charge in [0.2, 0.25) is 17.6 Å². The Bertz CT molecular complexity index is 1890. The van der Waals surface area contributed by atoms with Gasteiger partial charge in [-0.1, -0.05) is 11.6 Å². The minimum Gasteiger partial charge on any atom is -0.503 e. The van der Waals surface area contributed by atoms with Crippen LogP contribution in [0.5, 0.6) is 11.5 Å². The van der Waals surface area contributed by atoms with Crippen molar-refractivity contribution in [1.82, 2.24) is 4.90 Å². The summed E-state index contributed by atoms with van der Waals surface area (Å²) in [6, 6.07) is 2.47. The molecule has 254 valence electrons. The number of nitrogens with zero attached hydrogens (tertiary/aromatic N) is 2. The topological polar surface area (TPSA) is 142 Å². The standard InChI is InChI=1S/C30H20BrCl2F5N2O8/c1-48-14-7-9(6-13(31)24(14)43)17-10-2-3-11-16(26(45)39(25(11)44)5-4-15(41)42)12(10)8-29(32)27(46)40(28(47)30(17,29)33)23-21(37)19(35)18(34)20(36)22(23)38/h2,6-7,11-12,16-17,43H,3-5,8H2,1H3,(H,41,42). The highest BCUT2D eigenvalue weighted by molar-refractivity contribution is 9.10. The number of hydrogen-bond donors (Lipinski definition) is 2. The summed E-state index contributed by atoms with van der Waals surface area (Å²) >= 11 is 17.2. The second kappa shape index (κ2) is 11.4. The molecule has 0 radical (unpaired) electrons. The number of likely N-dealkylation sites (tertiary alicyclic amines) is 1. The quantitative estimate of drug-likeness (QED) is 0.105. The molecule has 2 N–H and O–H groups in total. The number of benzene rings is 2. The third kappa shape index (κ3) is 4.37. The molecule has 2 heterocycles. The van der Waals surface area contributed by atoms with Gasteiger partial charge in [0.1, 0.15) is 5.69 Å². The van der Waals surface area contributed by atoms with Crippen LogP contribution in [0.4, 0.5) is 27.6 Å². The number of fused-ring (bicyclic) bond motifs is 4. The van der Waals surface area contributed by atoms with Crippen LogP contribution in [-0.2, 0) is 24.0 Å². The molecule has 48 heavy (non-hydrogen) atoms. The van der Waals surface area contributed by atoms with E-state index in [1.165, 1.54) is 25.3 Å². The summed E-state index contributed by atoms with van der Waals surface area (Å²) in [6.07, 6.45) is 0.0679. The number of carboxylic acid groups (broad SMARTS) is 1. The summed E-state index contributed by atoms with van der Waals surface area (Å²) in [6.45, 7) is -0.468. The van der Waals surface area contributed by atoms with Crippen molar-refractivity contribution in [2.75, 3.05) is 18.6 Å². The van der Waals surface area contributed by atoms with Gasteiger partial charge in [0, 0.05) is 12.5 Å². The minimum atomic E-state index is -2.77. The predicted molar refractivity (Wildman–Crippen MR) is 158 cm³/mol. The normalized spacial score (nSPS) is 29.6. The van der Waals surface area contributed by atoms with Crippen LogP contribution in [0.2, 0.25) is 0 Å². The average molecular weight is 782 g/mol. The van der Waals surface area contributed by atoms with Crippen LogP contribution < -0.4 is 9.64 Å². The van der Waals surface area contributed by atoms with Gasteiger partial charge in [-0.3, -0.25) is 28.9 Å². The van der Waals surface area contributed by atoms with Gasteiger partial charge in [-0.05, 0) is 52.4 Å². The summed E-state index contributed by atoms with van der Waals surface area (Å²) in [5.41, 5.74) is -1.74. The molecule has 3 fully saturated rings. The van der Waals surface area contributed by atoms with Gasteiger partial charge in [-0.25, -0.2) is 26.9 Å². The molecule has 6 atom stereocenters. The number of allylic oxidation sites excluding steroid dienone is 2. The number of aromatic hydroxyl groups is 1. The van der Waals surface area contributed by atoms with Crippen molar-refractivity contribution < 1.29 is 60.9 Å². The van der Waals surface area contributed by atoms with E-state index in [2.05, 4.69) is 15.9 Å². The first-order valence-electron chi connectivity index (χ1n) is 14.1. The van der Waals surface area contributed by atoms with Crippen molar-refractivity contribution in [2.45, 2.75) is 34.9 Å². The number of aliphatic carboxylic acids is 1. The Labute approximate surface area is 285 Å². The molecule has 6 rings (SSSR count). The van der Waals surface area contributed by atoms with Crippen molar-refractivity contribution >= 4 is 74.4 Å². The van der Waals surface area contributed by atoms with Crippen molar-refractivity contribution in [3.8, 4) is 11.5 Å². The maximum atomic E-state index is 15.1. The summed E-state index contributed by atoms with van der Waals surface area (Å²) in [7, 11) is 1.19. The molecule has 2 aliphatic carbocycles. The Morgan fingerprint density at radius 2 is 1.58 bits per heavy atom. The molecule has 2 aliphatic heterocycles. The van der Waals surface area contributed by atoms with Crippen LogP contribution in [0.25, 0.3) is 0 Å².